The molecule has 0 radical (unpaired) electrons. The van der Waals surface area contributed by atoms with Crippen LogP contribution < -0.4 is 10.6 Å². The van der Waals surface area contributed by atoms with Gasteiger partial charge in [-0.25, -0.2) is 8.42 Å². The van der Waals surface area contributed by atoms with Crippen molar-refractivity contribution in [3.63, 3.8) is 0 Å². The van der Waals surface area contributed by atoms with Crippen LogP contribution in [0.15, 0.2) is 42.5 Å². The lowest BCUT2D eigenvalue weighted by Crippen LogP contribution is -2.57. The Labute approximate surface area is 287 Å². The molecular weight excluding hydrogens is 630 g/mol. The number of carbonyl (C=O) groups excluding carboxylic acids is 2. The topological polar surface area (TPSA) is 156 Å². The van der Waals surface area contributed by atoms with Crippen LogP contribution in [0.25, 0.3) is 10.8 Å². The highest BCUT2D eigenvalue weighted by Crippen LogP contribution is 2.29. The van der Waals surface area contributed by atoms with Gasteiger partial charge in [0.15, 0.2) is 9.84 Å². The monoisotopic (exact) mass is 689 g/mol. The maximum Gasteiger partial charge on any atom is 0.242 e. The van der Waals surface area contributed by atoms with Crippen molar-refractivity contribution in [2.45, 2.75) is 109 Å². The highest BCUT2D eigenvalue weighted by atomic mass is 32.2. The first-order valence-corrected chi connectivity index (χ1v) is 19.8. The molecule has 0 spiro atoms. The van der Waals surface area contributed by atoms with E-state index < -0.39 is 51.9 Å². The van der Waals surface area contributed by atoms with Crippen LogP contribution in [0.5, 0.6) is 0 Å². The van der Waals surface area contributed by atoms with Crippen LogP contribution in [0, 0.1) is 11.8 Å². The number of likely N-dealkylation sites (N-methyl/N-ethyl adjacent to an activating group) is 1. The zero-order chi connectivity index (χ0) is 35.1. The molecule has 0 bridgehead atoms. The summed E-state index contributed by atoms with van der Waals surface area (Å²) in [6.45, 7) is 6.49. The Balaban J connectivity index is 1.84. The molecular formula is C37H59N3O7S. The molecule has 0 heterocycles. The van der Waals surface area contributed by atoms with Gasteiger partial charge in [0.2, 0.25) is 11.8 Å². The van der Waals surface area contributed by atoms with Gasteiger partial charge in [-0.05, 0) is 48.1 Å². The molecule has 0 saturated heterocycles. The number of nitrogens with zero attached hydrogens (tertiary/aromatic N) is 1. The van der Waals surface area contributed by atoms with Gasteiger partial charge in [-0.1, -0.05) is 108 Å². The molecule has 1 aliphatic carbocycles. The Kier molecular flexibility index (Phi) is 16.8. The van der Waals surface area contributed by atoms with Gasteiger partial charge in [-0.15, -0.1) is 0 Å². The average molecular weight is 690 g/mol. The lowest BCUT2D eigenvalue weighted by atomic mass is 9.83. The minimum absolute atomic E-state index is 0.0707. The normalized spacial score (nSPS) is 17.5. The molecule has 5 N–H and O–H groups in total. The second-order valence-corrected chi connectivity index (χ2v) is 15.9. The smallest absolute Gasteiger partial charge is 0.242 e. The third-order valence-electron chi connectivity index (χ3n) is 9.85. The van der Waals surface area contributed by atoms with Crippen molar-refractivity contribution in [3.8, 4) is 0 Å². The first-order chi connectivity index (χ1) is 23.0. The number of hydrogen-bond donors (Lipinski definition) is 5. The molecule has 0 aromatic heterocycles. The summed E-state index contributed by atoms with van der Waals surface area (Å²) in [5, 5.41) is 39.7. The Morgan fingerprint density at radius 1 is 0.958 bits per heavy atom. The van der Waals surface area contributed by atoms with E-state index in [1.54, 1.807) is 6.92 Å². The molecule has 48 heavy (non-hydrogen) atoms. The summed E-state index contributed by atoms with van der Waals surface area (Å²) in [6, 6.07) is 11.9. The molecule has 10 nitrogen and oxygen atoms in total. The van der Waals surface area contributed by atoms with E-state index in [1.807, 2.05) is 61.2 Å². The minimum atomic E-state index is -3.52. The molecule has 11 heteroatoms. The van der Waals surface area contributed by atoms with Crippen LogP contribution in [0.3, 0.4) is 0 Å². The van der Waals surface area contributed by atoms with Gasteiger partial charge in [-0.3, -0.25) is 14.5 Å². The van der Waals surface area contributed by atoms with Gasteiger partial charge < -0.3 is 26.0 Å². The number of benzene rings is 2. The predicted molar refractivity (Wildman–Crippen MR) is 191 cm³/mol. The molecule has 0 aliphatic heterocycles. The molecule has 1 aliphatic rings. The van der Waals surface area contributed by atoms with Crippen LogP contribution in [0.4, 0.5) is 0 Å². The number of fused-ring (bicyclic) bond motifs is 1. The summed E-state index contributed by atoms with van der Waals surface area (Å²) in [5.74, 6) is -1.99. The second-order valence-electron chi connectivity index (χ2n) is 13.5. The summed E-state index contributed by atoms with van der Waals surface area (Å²) >= 11 is 0. The number of unbranched alkanes of at least 4 members (excludes halogenated alkanes) is 1. The quantitative estimate of drug-likeness (QED) is 0.133. The van der Waals surface area contributed by atoms with Gasteiger partial charge in [0.1, 0.15) is 12.1 Å². The van der Waals surface area contributed by atoms with E-state index in [0.29, 0.717) is 38.3 Å². The van der Waals surface area contributed by atoms with E-state index in [0.717, 1.165) is 54.9 Å². The number of aliphatic hydroxyl groups is 3. The molecule has 2 amide bonds. The second kappa shape index (κ2) is 20.2. The number of carbonyl (C=O) groups is 2. The van der Waals surface area contributed by atoms with Crippen molar-refractivity contribution in [1.82, 2.24) is 15.5 Å². The van der Waals surface area contributed by atoms with E-state index in [1.165, 1.54) is 0 Å². The van der Waals surface area contributed by atoms with Crippen LogP contribution in [-0.2, 0) is 25.8 Å². The van der Waals surface area contributed by atoms with Crippen LogP contribution >= 0.6 is 0 Å². The molecule has 2 unspecified atom stereocenters. The summed E-state index contributed by atoms with van der Waals surface area (Å²) in [5.41, 5.74) is 0.862. The number of hydrogen-bond acceptors (Lipinski definition) is 8. The van der Waals surface area contributed by atoms with E-state index in [-0.39, 0.29) is 31.1 Å². The van der Waals surface area contributed by atoms with Crippen LogP contribution in [0.2, 0.25) is 0 Å². The zero-order valence-corrected chi connectivity index (χ0v) is 30.0. The van der Waals surface area contributed by atoms with Gasteiger partial charge in [0.05, 0.1) is 30.4 Å². The lowest BCUT2D eigenvalue weighted by Gasteiger charge is -2.34. The Morgan fingerprint density at radius 3 is 2.33 bits per heavy atom. The Hall–Kier alpha value is -2.57. The van der Waals surface area contributed by atoms with Gasteiger partial charge >= 0.3 is 0 Å². The van der Waals surface area contributed by atoms with Gasteiger partial charge in [0, 0.05) is 18.8 Å². The molecule has 2 aromatic rings. The number of amides is 2. The first-order valence-electron chi connectivity index (χ1n) is 18.0. The van der Waals surface area contributed by atoms with Crippen LogP contribution in [-0.4, -0.2) is 102 Å². The van der Waals surface area contributed by atoms with Crippen molar-refractivity contribution in [3.05, 3.63) is 48.0 Å². The predicted octanol–water partition coefficient (Wildman–Crippen LogP) is 3.60. The van der Waals surface area contributed by atoms with E-state index in [2.05, 4.69) is 10.6 Å². The lowest BCUT2D eigenvalue weighted by molar-refractivity contribution is -0.132. The Bertz CT molecular complexity index is 1380. The molecule has 5 atom stereocenters. The van der Waals surface area contributed by atoms with Gasteiger partial charge in [0.25, 0.3) is 0 Å². The standard InChI is InChI=1S/C37H59N3O7S/c1-4-7-20-32(37(45)39-33(23-27-14-9-8-10-15-27)35(43)34(42)25-40(5-2)21-22-41)38-36(44)30(26-48(46,47)6-3)24-29-18-13-17-28-16-11-12-19-31(28)29/h11-13,16-19,27,30,32-35,41-43H,4-10,14-15,20-26H2,1-3H3,(H,38,44)(H,39,45)/t30-,32+,33+,34?,35?/m1/s1. The SMILES string of the molecule is CCCC[C@H](NC(=O)[C@H](Cc1cccc2ccccc12)CS(=O)(=O)CC)C(=O)N[C@@H](CC1CCCCC1)C(O)C(O)CN(CC)CCO. The number of rotatable bonds is 21. The third kappa shape index (κ3) is 12.4. The molecule has 1 fully saturated rings. The van der Waals surface area contributed by atoms with Crippen molar-refractivity contribution >= 4 is 32.4 Å². The number of aliphatic hydroxyl groups excluding tert-OH is 3. The van der Waals surface area contributed by atoms with E-state index in [9.17, 15) is 33.3 Å². The minimum Gasteiger partial charge on any atom is -0.395 e. The first kappa shape index (κ1) is 39.9. The Morgan fingerprint density at radius 2 is 1.67 bits per heavy atom. The number of sulfone groups is 1. The fourth-order valence-electron chi connectivity index (χ4n) is 6.86. The highest BCUT2D eigenvalue weighted by molar-refractivity contribution is 7.91. The van der Waals surface area contributed by atoms with Crippen molar-refractivity contribution in [2.24, 2.45) is 11.8 Å². The van der Waals surface area contributed by atoms with Crippen molar-refractivity contribution < 1.29 is 33.3 Å². The van der Waals surface area contributed by atoms with Crippen molar-refractivity contribution in [2.75, 3.05) is 37.7 Å². The summed E-state index contributed by atoms with van der Waals surface area (Å²) in [6.07, 6.45) is 5.38. The summed E-state index contributed by atoms with van der Waals surface area (Å²) < 4.78 is 25.7. The molecule has 2 aromatic carbocycles. The number of nitrogens with one attached hydrogen (secondary N) is 2. The largest absolute Gasteiger partial charge is 0.395 e. The zero-order valence-electron chi connectivity index (χ0n) is 29.1. The molecule has 270 valence electrons. The van der Waals surface area contributed by atoms with Crippen molar-refractivity contribution in [1.29, 1.82) is 0 Å². The summed E-state index contributed by atoms with van der Waals surface area (Å²) in [7, 11) is -3.52. The van der Waals surface area contributed by atoms with E-state index >= 15 is 0 Å². The third-order valence-corrected chi connectivity index (χ3v) is 11.6. The molecule has 1 saturated carbocycles. The maximum atomic E-state index is 14.0. The fraction of sp³-hybridized carbons (Fsp3) is 0.676. The average Bonchev–Trinajstić information content (AvgIpc) is 3.09. The maximum absolute atomic E-state index is 14.0. The van der Waals surface area contributed by atoms with Gasteiger partial charge in [-0.2, -0.15) is 0 Å². The van der Waals surface area contributed by atoms with E-state index in [4.69, 9.17) is 0 Å². The molecule has 3 rings (SSSR count). The van der Waals surface area contributed by atoms with Crippen LogP contribution in [0.1, 0.15) is 84.1 Å². The summed E-state index contributed by atoms with van der Waals surface area (Å²) in [4.78, 5) is 29.8. The fourth-order valence-corrected chi connectivity index (χ4v) is 7.98. The highest BCUT2D eigenvalue weighted by Gasteiger charge is 2.34.